The summed E-state index contributed by atoms with van der Waals surface area (Å²) in [5, 5.41) is 9.69. The number of carbonyl (C=O) groups is 2. The molecule has 1 heterocycles. The van der Waals surface area contributed by atoms with Crippen molar-refractivity contribution in [2.75, 3.05) is 20.3 Å². The van der Waals surface area contributed by atoms with E-state index in [4.69, 9.17) is 9.57 Å². The number of nitrogens with one attached hydrogen (secondary N) is 2. The van der Waals surface area contributed by atoms with Gasteiger partial charge in [-0.05, 0) is 18.1 Å². The number of oxime groups is 1. The third-order valence-corrected chi connectivity index (χ3v) is 4.87. The lowest BCUT2D eigenvalue weighted by Gasteiger charge is -2.20. The summed E-state index contributed by atoms with van der Waals surface area (Å²) in [4.78, 5) is 30.8. The predicted molar refractivity (Wildman–Crippen MR) is 114 cm³/mol. The van der Waals surface area contributed by atoms with Crippen molar-refractivity contribution in [3.8, 4) is 0 Å². The highest BCUT2D eigenvalue weighted by Gasteiger charge is 2.32. The van der Waals surface area contributed by atoms with Crippen LogP contribution in [0.5, 0.6) is 0 Å². The molecule has 0 saturated carbocycles. The fourth-order valence-corrected chi connectivity index (χ4v) is 3.16. The van der Waals surface area contributed by atoms with E-state index in [0.717, 1.165) is 22.4 Å². The largest absolute Gasteiger partial charge is 0.383 e. The van der Waals surface area contributed by atoms with Crippen LogP contribution in [0, 0.1) is 6.92 Å². The fourth-order valence-electron chi connectivity index (χ4n) is 3.16. The molecule has 7 heteroatoms. The monoisotopic (exact) mass is 409 g/mol. The van der Waals surface area contributed by atoms with Crippen LogP contribution in [0.2, 0.25) is 0 Å². The summed E-state index contributed by atoms with van der Waals surface area (Å²) >= 11 is 0. The van der Waals surface area contributed by atoms with Crippen molar-refractivity contribution >= 4 is 17.5 Å². The van der Waals surface area contributed by atoms with Gasteiger partial charge in [-0.25, -0.2) is 0 Å². The number of benzene rings is 2. The highest BCUT2D eigenvalue weighted by atomic mass is 16.6. The smallest absolute Gasteiger partial charge is 0.265 e. The molecule has 0 radical (unpaired) electrons. The zero-order valence-corrected chi connectivity index (χ0v) is 17.3. The molecule has 2 atom stereocenters. The first-order chi connectivity index (χ1) is 14.6. The van der Waals surface area contributed by atoms with Crippen molar-refractivity contribution in [2.45, 2.75) is 31.9 Å². The molecular weight excluding hydrogens is 382 g/mol. The van der Waals surface area contributed by atoms with Gasteiger partial charge in [-0.2, -0.15) is 0 Å². The molecule has 30 heavy (non-hydrogen) atoms. The second-order valence-corrected chi connectivity index (χ2v) is 7.24. The lowest BCUT2D eigenvalue weighted by Crippen LogP contribution is -2.51. The molecule has 0 aromatic heterocycles. The number of aryl methyl sites for hydroxylation is 1. The first kappa shape index (κ1) is 21.5. The molecule has 2 N–H and O–H groups in total. The first-order valence-electron chi connectivity index (χ1n) is 9.97. The number of methoxy groups -OCH3 is 1. The Morgan fingerprint density at radius 3 is 2.60 bits per heavy atom. The van der Waals surface area contributed by atoms with E-state index in [1.54, 1.807) is 7.11 Å². The summed E-state index contributed by atoms with van der Waals surface area (Å²) in [5.41, 5.74) is 3.75. The molecule has 0 unspecified atom stereocenters. The average molecular weight is 409 g/mol. The van der Waals surface area contributed by atoms with Crippen LogP contribution in [-0.4, -0.2) is 49.9 Å². The Hall–Kier alpha value is -3.19. The number of nitrogens with zero attached hydrogens (tertiary/aromatic N) is 1. The van der Waals surface area contributed by atoms with E-state index in [1.807, 2.05) is 61.5 Å². The number of carbonyl (C=O) groups excluding carboxylic acids is 2. The zero-order chi connectivity index (χ0) is 21.3. The molecule has 2 amide bonds. The van der Waals surface area contributed by atoms with Crippen LogP contribution in [0.25, 0.3) is 0 Å². The summed E-state index contributed by atoms with van der Waals surface area (Å²) in [6.45, 7) is 2.78. The van der Waals surface area contributed by atoms with Crippen LogP contribution in [0.1, 0.15) is 23.1 Å². The van der Waals surface area contributed by atoms with E-state index >= 15 is 0 Å². The molecular formula is C23H27N3O4. The van der Waals surface area contributed by atoms with Crippen LogP contribution < -0.4 is 10.6 Å². The highest BCUT2D eigenvalue weighted by molar-refractivity contribution is 6.04. The van der Waals surface area contributed by atoms with E-state index in [1.165, 1.54) is 0 Å². The molecule has 1 aliphatic heterocycles. The maximum Gasteiger partial charge on any atom is 0.265 e. The molecule has 0 bridgehead atoms. The van der Waals surface area contributed by atoms with Crippen molar-refractivity contribution in [3.05, 3.63) is 71.3 Å². The molecule has 7 nitrogen and oxygen atoms in total. The molecule has 1 aliphatic rings. The summed E-state index contributed by atoms with van der Waals surface area (Å²) in [7, 11) is 1.57. The van der Waals surface area contributed by atoms with Crippen molar-refractivity contribution in [3.63, 3.8) is 0 Å². The molecule has 2 aromatic carbocycles. The van der Waals surface area contributed by atoms with Crippen LogP contribution in [0.3, 0.4) is 0 Å². The summed E-state index contributed by atoms with van der Waals surface area (Å²) in [6.07, 6.45) is -0.0199. The van der Waals surface area contributed by atoms with Gasteiger partial charge >= 0.3 is 0 Å². The normalized spacial score (nSPS) is 16.3. The van der Waals surface area contributed by atoms with Crippen molar-refractivity contribution in [1.82, 2.24) is 10.6 Å². The third kappa shape index (κ3) is 5.90. The van der Waals surface area contributed by atoms with Gasteiger partial charge in [-0.1, -0.05) is 65.3 Å². The van der Waals surface area contributed by atoms with Crippen molar-refractivity contribution in [1.29, 1.82) is 0 Å². The van der Waals surface area contributed by atoms with Gasteiger partial charge in [0.25, 0.3) is 5.91 Å². The molecule has 0 saturated heterocycles. The van der Waals surface area contributed by atoms with Crippen LogP contribution in [-0.2, 0) is 25.6 Å². The second-order valence-electron chi connectivity index (χ2n) is 7.24. The lowest BCUT2D eigenvalue weighted by atomic mass is 10.0. The van der Waals surface area contributed by atoms with Crippen LogP contribution in [0.15, 0.2) is 59.8 Å². The topological polar surface area (TPSA) is 89.0 Å². The minimum atomic E-state index is -0.758. The number of ether oxygens (including phenoxy) is 1. The molecule has 0 aliphatic carbocycles. The number of rotatable bonds is 9. The Labute approximate surface area is 176 Å². The van der Waals surface area contributed by atoms with Gasteiger partial charge in [0, 0.05) is 26.5 Å². The Bertz CT molecular complexity index is 881. The molecule has 3 rings (SSSR count). The fraction of sp³-hybridized carbons (Fsp3) is 0.348. The Kier molecular flexibility index (Phi) is 7.57. The minimum Gasteiger partial charge on any atom is -0.383 e. The minimum absolute atomic E-state index is 0.262. The number of hydrogen-bond acceptors (Lipinski definition) is 5. The lowest BCUT2D eigenvalue weighted by molar-refractivity contribution is -0.135. The molecule has 0 fully saturated rings. The van der Waals surface area contributed by atoms with Crippen LogP contribution >= 0.6 is 0 Å². The number of amides is 2. The van der Waals surface area contributed by atoms with E-state index < -0.39 is 12.1 Å². The molecule has 158 valence electrons. The van der Waals surface area contributed by atoms with Gasteiger partial charge < -0.3 is 20.2 Å². The van der Waals surface area contributed by atoms with Gasteiger partial charge in [-0.3, -0.25) is 9.59 Å². The maximum absolute atomic E-state index is 12.8. The summed E-state index contributed by atoms with van der Waals surface area (Å²) < 4.78 is 4.98. The standard InChI is InChI=1S/C23H27N3O4/c1-16-8-10-18(11-9-16)19-15-21(30-26-19)23(28)25-20(22(27)24-12-13-29-2)14-17-6-4-3-5-7-17/h3-11,20-21H,12-15H2,1-2H3,(H,24,27)(H,25,28)/t20-,21+/m0/s1. The third-order valence-electron chi connectivity index (χ3n) is 4.87. The van der Waals surface area contributed by atoms with E-state index in [0.29, 0.717) is 26.0 Å². The van der Waals surface area contributed by atoms with Crippen LogP contribution in [0.4, 0.5) is 0 Å². The van der Waals surface area contributed by atoms with Crippen molar-refractivity contribution in [2.24, 2.45) is 5.16 Å². The predicted octanol–water partition coefficient (Wildman–Crippen LogP) is 1.98. The Balaban J connectivity index is 1.62. The quantitative estimate of drug-likeness (QED) is 0.620. The van der Waals surface area contributed by atoms with Gasteiger partial charge in [0.1, 0.15) is 6.04 Å². The van der Waals surface area contributed by atoms with Gasteiger partial charge in [-0.15, -0.1) is 0 Å². The summed E-state index contributed by atoms with van der Waals surface area (Å²) in [5.74, 6) is -0.620. The van der Waals surface area contributed by atoms with Gasteiger partial charge in [0.15, 0.2) is 0 Å². The summed E-state index contributed by atoms with van der Waals surface area (Å²) in [6, 6.07) is 16.7. The van der Waals surface area contributed by atoms with Crippen molar-refractivity contribution < 1.29 is 19.2 Å². The van der Waals surface area contributed by atoms with E-state index in [9.17, 15) is 9.59 Å². The Morgan fingerprint density at radius 2 is 1.90 bits per heavy atom. The molecule has 0 spiro atoms. The average Bonchev–Trinajstić information content (AvgIpc) is 3.25. The maximum atomic E-state index is 12.8. The van der Waals surface area contributed by atoms with Gasteiger partial charge in [0.2, 0.25) is 12.0 Å². The first-order valence-corrected chi connectivity index (χ1v) is 9.97. The van der Waals surface area contributed by atoms with E-state index in [-0.39, 0.29) is 11.8 Å². The van der Waals surface area contributed by atoms with Gasteiger partial charge in [0.05, 0.1) is 12.3 Å². The second kappa shape index (κ2) is 10.5. The molecule has 2 aromatic rings. The highest BCUT2D eigenvalue weighted by Crippen LogP contribution is 2.18. The Morgan fingerprint density at radius 1 is 1.17 bits per heavy atom. The number of hydrogen-bond donors (Lipinski definition) is 2. The SMILES string of the molecule is COCCNC(=O)[C@H](Cc1ccccc1)NC(=O)[C@H]1CC(c2ccc(C)cc2)=NO1. The van der Waals surface area contributed by atoms with E-state index in [2.05, 4.69) is 15.8 Å². The zero-order valence-electron chi connectivity index (χ0n) is 17.3.